The first-order valence-electron chi connectivity index (χ1n) is 6.51. The van der Waals surface area contributed by atoms with Gasteiger partial charge in [0, 0.05) is 21.1 Å². The second-order valence-electron chi connectivity index (χ2n) is 4.58. The van der Waals surface area contributed by atoms with Crippen molar-refractivity contribution >= 4 is 44.0 Å². The maximum Gasteiger partial charge on any atom is 0.256 e. The summed E-state index contributed by atoms with van der Waals surface area (Å²) in [6.45, 7) is 0. The summed E-state index contributed by atoms with van der Waals surface area (Å²) in [6, 6.07) is 14.8. The number of hydrogen-bond acceptors (Lipinski definition) is 4. The fourth-order valence-corrected chi connectivity index (χ4v) is 3.03. The SMILES string of the molecule is Nc1nc(-c2ccc(NC(=O)c3ccccc3Br)cc2)cs1. The Kier molecular flexibility index (Phi) is 4.22. The molecule has 3 aromatic rings. The number of nitrogens with zero attached hydrogens (tertiary/aromatic N) is 1. The molecular weight excluding hydrogens is 362 g/mol. The highest BCUT2D eigenvalue weighted by Crippen LogP contribution is 2.25. The summed E-state index contributed by atoms with van der Waals surface area (Å²) in [5.74, 6) is -0.155. The number of aromatic nitrogens is 1. The summed E-state index contributed by atoms with van der Waals surface area (Å²) in [5, 5.41) is 5.32. The molecule has 0 atom stereocenters. The number of carbonyl (C=O) groups is 1. The number of halogens is 1. The fraction of sp³-hybridized carbons (Fsp3) is 0. The van der Waals surface area contributed by atoms with Crippen molar-refractivity contribution in [2.45, 2.75) is 0 Å². The Balaban J connectivity index is 1.76. The van der Waals surface area contributed by atoms with E-state index in [1.165, 1.54) is 11.3 Å². The highest BCUT2D eigenvalue weighted by Gasteiger charge is 2.09. The summed E-state index contributed by atoms with van der Waals surface area (Å²) in [7, 11) is 0. The normalized spacial score (nSPS) is 10.4. The number of hydrogen-bond donors (Lipinski definition) is 2. The van der Waals surface area contributed by atoms with Gasteiger partial charge < -0.3 is 11.1 Å². The molecule has 0 fully saturated rings. The lowest BCUT2D eigenvalue weighted by Gasteiger charge is -2.07. The number of anilines is 2. The molecule has 0 aliphatic heterocycles. The van der Waals surface area contributed by atoms with Crippen molar-refractivity contribution in [3.8, 4) is 11.3 Å². The lowest BCUT2D eigenvalue weighted by molar-refractivity contribution is 0.102. The zero-order chi connectivity index (χ0) is 15.5. The molecule has 4 nitrogen and oxygen atoms in total. The third-order valence-corrected chi connectivity index (χ3v) is 4.44. The fourth-order valence-electron chi connectivity index (χ4n) is 1.99. The molecule has 0 unspecified atom stereocenters. The highest BCUT2D eigenvalue weighted by atomic mass is 79.9. The first-order chi connectivity index (χ1) is 10.6. The summed E-state index contributed by atoms with van der Waals surface area (Å²) < 4.78 is 0.766. The van der Waals surface area contributed by atoms with Crippen LogP contribution in [0.5, 0.6) is 0 Å². The molecule has 6 heteroatoms. The van der Waals surface area contributed by atoms with Crippen molar-refractivity contribution in [1.82, 2.24) is 4.98 Å². The second kappa shape index (κ2) is 6.29. The zero-order valence-electron chi connectivity index (χ0n) is 11.4. The van der Waals surface area contributed by atoms with Gasteiger partial charge in [0.2, 0.25) is 0 Å². The van der Waals surface area contributed by atoms with Crippen LogP contribution in [-0.2, 0) is 0 Å². The lowest BCUT2D eigenvalue weighted by Crippen LogP contribution is -2.12. The largest absolute Gasteiger partial charge is 0.375 e. The van der Waals surface area contributed by atoms with Crippen LogP contribution in [0.3, 0.4) is 0 Å². The molecule has 0 aliphatic carbocycles. The average molecular weight is 374 g/mol. The Morgan fingerprint density at radius 1 is 1.14 bits per heavy atom. The third-order valence-electron chi connectivity index (χ3n) is 3.08. The van der Waals surface area contributed by atoms with Gasteiger partial charge in [-0.1, -0.05) is 24.3 Å². The van der Waals surface area contributed by atoms with E-state index in [1.54, 1.807) is 6.07 Å². The number of carbonyl (C=O) groups excluding carboxylic acids is 1. The predicted molar refractivity (Wildman–Crippen MR) is 94.1 cm³/mol. The van der Waals surface area contributed by atoms with Gasteiger partial charge in [0.1, 0.15) is 0 Å². The van der Waals surface area contributed by atoms with Crippen LogP contribution in [0.1, 0.15) is 10.4 Å². The Labute approximate surface area is 140 Å². The molecule has 2 aromatic carbocycles. The monoisotopic (exact) mass is 373 g/mol. The van der Waals surface area contributed by atoms with Crippen molar-refractivity contribution in [2.24, 2.45) is 0 Å². The van der Waals surface area contributed by atoms with Crippen molar-refractivity contribution in [2.75, 3.05) is 11.1 Å². The maximum atomic E-state index is 12.2. The van der Waals surface area contributed by atoms with Crippen LogP contribution in [0.2, 0.25) is 0 Å². The summed E-state index contributed by atoms with van der Waals surface area (Å²) in [4.78, 5) is 16.5. The maximum absolute atomic E-state index is 12.2. The van der Waals surface area contributed by atoms with E-state index in [2.05, 4.69) is 26.2 Å². The first kappa shape index (κ1) is 14.7. The number of nitrogens with one attached hydrogen (secondary N) is 1. The van der Waals surface area contributed by atoms with Gasteiger partial charge in [-0.15, -0.1) is 11.3 Å². The van der Waals surface area contributed by atoms with Crippen molar-refractivity contribution in [3.63, 3.8) is 0 Å². The quantitative estimate of drug-likeness (QED) is 0.714. The van der Waals surface area contributed by atoms with Crippen molar-refractivity contribution < 1.29 is 4.79 Å². The second-order valence-corrected chi connectivity index (χ2v) is 6.33. The van der Waals surface area contributed by atoms with Gasteiger partial charge in [-0.3, -0.25) is 4.79 Å². The van der Waals surface area contributed by atoms with Crippen LogP contribution >= 0.6 is 27.3 Å². The van der Waals surface area contributed by atoms with Crippen LogP contribution in [-0.4, -0.2) is 10.9 Å². The van der Waals surface area contributed by atoms with Gasteiger partial charge in [0.25, 0.3) is 5.91 Å². The zero-order valence-corrected chi connectivity index (χ0v) is 13.8. The molecule has 0 radical (unpaired) electrons. The molecule has 0 aliphatic rings. The van der Waals surface area contributed by atoms with Crippen LogP contribution in [0, 0.1) is 0 Å². The lowest BCUT2D eigenvalue weighted by atomic mass is 10.1. The molecule has 3 rings (SSSR count). The molecule has 3 N–H and O–H groups in total. The Hall–Kier alpha value is -2.18. The molecule has 0 saturated carbocycles. The van der Waals surface area contributed by atoms with E-state index < -0.39 is 0 Å². The van der Waals surface area contributed by atoms with E-state index in [0.29, 0.717) is 10.7 Å². The van der Waals surface area contributed by atoms with Gasteiger partial charge in [0.05, 0.1) is 11.3 Å². The van der Waals surface area contributed by atoms with E-state index in [0.717, 1.165) is 21.4 Å². The molecule has 0 bridgehead atoms. The molecule has 1 aromatic heterocycles. The van der Waals surface area contributed by atoms with Crippen LogP contribution in [0.4, 0.5) is 10.8 Å². The minimum absolute atomic E-state index is 0.155. The molecule has 110 valence electrons. The number of nitrogens with two attached hydrogens (primary N) is 1. The van der Waals surface area contributed by atoms with Gasteiger partial charge in [-0.05, 0) is 40.2 Å². The molecular formula is C16H12BrN3OS. The minimum atomic E-state index is -0.155. The van der Waals surface area contributed by atoms with Crippen LogP contribution in [0.15, 0.2) is 58.4 Å². The van der Waals surface area contributed by atoms with Crippen molar-refractivity contribution in [3.05, 3.63) is 63.9 Å². The topological polar surface area (TPSA) is 68.0 Å². The molecule has 1 heterocycles. The van der Waals surface area contributed by atoms with E-state index in [4.69, 9.17) is 5.73 Å². The van der Waals surface area contributed by atoms with Crippen molar-refractivity contribution in [1.29, 1.82) is 0 Å². The minimum Gasteiger partial charge on any atom is -0.375 e. The van der Waals surface area contributed by atoms with E-state index in [9.17, 15) is 4.79 Å². The standard InChI is InChI=1S/C16H12BrN3OS/c17-13-4-2-1-3-12(13)15(21)19-11-7-5-10(6-8-11)14-9-22-16(18)20-14/h1-9H,(H2,18,20)(H,19,21). The van der Waals surface area contributed by atoms with E-state index in [-0.39, 0.29) is 5.91 Å². The number of nitrogen functional groups attached to an aromatic ring is 1. The highest BCUT2D eigenvalue weighted by molar-refractivity contribution is 9.10. The average Bonchev–Trinajstić information content (AvgIpc) is 2.95. The van der Waals surface area contributed by atoms with E-state index >= 15 is 0 Å². The van der Waals surface area contributed by atoms with Gasteiger partial charge in [-0.2, -0.15) is 0 Å². The number of thiazole rings is 1. The van der Waals surface area contributed by atoms with Crippen LogP contribution in [0.25, 0.3) is 11.3 Å². The molecule has 0 spiro atoms. The van der Waals surface area contributed by atoms with E-state index in [1.807, 2.05) is 47.8 Å². The third kappa shape index (κ3) is 3.18. The molecule has 1 amide bonds. The van der Waals surface area contributed by atoms with Gasteiger partial charge in [-0.25, -0.2) is 4.98 Å². The number of benzene rings is 2. The summed E-state index contributed by atoms with van der Waals surface area (Å²) in [5.41, 5.74) is 8.77. The predicted octanol–water partition coefficient (Wildman–Crippen LogP) is 4.41. The Bertz CT molecular complexity index is 814. The van der Waals surface area contributed by atoms with Gasteiger partial charge in [0.15, 0.2) is 5.13 Å². The summed E-state index contributed by atoms with van der Waals surface area (Å²) >= 11 is 4.78. The number of amides is 1. The smallest absolute Gasteiger partial charge is 0.256 e. The Morgan fingerprint density at radius 2 is 1.86 bits per heavy atom. The first-order valence-corrected chi connectivity index (χ1v) is 8.18. The summed E-state index contributed by atoms with van der Waals surface area (Å²) in [6.07, 6.45) is 0. The Morgan fingerprint density at radius 3 is 2.50 bits per heavy atom. The van der Waals surface area contributed by atoms with Crippen LogP contribution < -0.4 is 11.1 Å². The van der Waals surface area contributed by atoms with Gasteiger partial charge >= 0.3 is 0 Å². The molecule has 0 saturated heterocycles. The number of rotatable bonds is 3. The molecule has 22 heavy (non-hydrogen) atoms.